The van der Waals surface area contributed by atoms with Crippen LogP contribution in [0, 0.1) is 5.41 Å². The Bertz CT molecular complexity index is 683. The van der Waals surface area contributed by atoms with Crippen molar-refractivity contribution < 1.29 is 0 Å². The van der Waals surface area contributed by atoms with Gasteiger partial charge in [0.25, 0.3) is 0 Å². The van der Waals surface area contributed by atoms with Crippen molar-refractivity contribution in [1.29, 1.82) is 0 Å². The van der Waals surface area contributed by atoms with Gasteiger partial charge in [0.1, 0.15) is 0 Å². The van der Waals surface area contributed by atoms with Crippen LogP contribution in [0.15, 0.2) is 24.3 Å². The first kappa shape index (κ1) is 17.2. The third-order valence-corrected chi connectivity index (χ3v) is 7.20. The smallest absolute Gasteiger partial charge is 0.0459 e. The molecule has 1 aromatic heterocycles. The van der Waals surface area contributed by atoms with E-state index < -0.39 is 0 Å². The van der Waals surface area contributed by atoms with E-state index in [1.54, 1.807) is 11.3 Å². The Morgan fingerprint density at radius 1 is 0.840 bits per heavy atom. The van der Waals surface area contributed by atoms with E-state index in [0.29, 0.717) is 5.41 Å². The summed E-state index contributed by atoms with van der Waals surface area (Å²) in [4.78, 5) is 3.86. The molecule has 0 saturated heterocycles. The second-order valence-electron chi connectivity index (χ2n) is 8.99. The summed E-state index contributed by atoms with van der Waals surface area (Å²) in [5.41, 5.74) is 5.09. The predicted molar refractivity (Wildman–Crippen MR) is 108 cm³/mol. The van der Waals surface area contributed by atoms with Crippen LogP contribution in [0.5, 0.6) is 0 Å². The molecule has 0 radical (unpaired) electrons. The number of benzene rings is 1. The number of nitrogens with one attached hydrogen (secondary N) is 1. The Kier molecular flexibility index (Phi) is 5.20. The van der Waals surface area contributed by atoms with Crippen molar-refractivity contribution in [3.05, 3.63) is 35.5 Å². The van der Waals surface area contributed by atoms with E-state index in [9.17, 15) is 0 Å². The Morgan fingerprint density at radius 2 is 1.48 bits per heavy atom. The molecule has 4 rings (SSSR count). The minimum atomic E-state index is 0.486. The second-order valence-corrected chi connectivity index (χ2v) is 8.99. The largest absolute Gasteiger partial charge is 0.358 e. The molecule has 136 valence electrons. The average molecular weight is 338 g/mol. The minimum absolute atomic E-state index is 0.486. The highest BCUT2D eigenvalue weighted by Gasteiger charge is 2.38. The molecule has 1 saturated carbocycles. The van der Waals surface area contributed by atoms with Gasteiger partial charge < -0.3 is 4.98 Å². The molecular formula is C24H35N. The zero-order valence-corrected chi connectivity index (χ0v) is 16.1. The third kappa shape index (κ3) is 3.52. The van der Waals surface area contributed by atoms with Gasteiger partial charge in [-0.3, -0.25) is 0 Å². The lowest BCUT2D eigenvalue weighted by atomic mass is 9.64. The molecule has 0 aliphatic heterocycles. The van der Waals surface area contributed by atoms with E-state index in [2.05, 4.69) is 36.2 Å². The molecule has 1 heterocycles. The highest BCUT2D eigenvalue weighted by molar-refractivity contribution is 5.85. The van der Waals surface area contributed by atoms with Crippen molar-refractivity contribution >= 4 is 10.9 Å². The van der Waals surface area contributed by atoms with Crippen LogP contribution in [0.25, 0.3) is 10.9 Å². The SMILES string of the molecule is CC1(C2CCCc3c2[nH]c2ccccc32)CCCCCCCCCC1. The number of H-pyrrole nitrogens is 1. The zero-order valence-electron chi connectivity index (χ0n) is 16.1. The fourth-order valence-corrected chi connectivity index (χ4v) is 5.70. The third-order valence-electron chi connectivity index (χ3n) is 7.20. The van der Waals surface area contributed by atoms with Crippen LogP contribution in [0.4, 0.5) is 0 Å². The van der Waals surface area contributed by atoms with Crippen molar-refractivity contribution in [3.63, 3.8) is 0 Å². The van der Waals surface area contributed by atoms with Crippen LogP contribution in [0.1, 0.15) is 101 Å². The van der Waals surface area contributed by atoms with Gasteiger partial charge in [-0.15, -0.1) is 0 Å². The van der Waals surface area contributed by atoms with Crippen LogP contribution in [0.2, 0.25) is 0 Å². The summed E-state index contributed by atoms with van der Waals surface area (Å²) in [5.74, 6) is 0.740. The Morgan fingerprint density at radius 3 is 2.20 bits per heavy atom. The standard InChI is InChI=1S/C24H35N/c1-24(17-10-6-4-2-3-5-7-11-18-24)21-15-12-14-20-19-13-8-9-16-22(19)25-23(20)21/h8-9,13,16,21,25H,2-7,10-12,14-15,17-18H2,1H3. The van der Waals surface area contributed by atoms with Gasteiger partial charge in [0.2, 0.25) is 0 Å². The van der Waals surface area contributed by atoms with E-state index in [-0.39, 0.29) is 0 Å². The lowest BCUT2D eigenvalue weighted by Crippen LogP contribution is -2.29. The van der Waals surface area contributed by atoms with Gasteiger partial charge in [0.15, 0.2) is 0 Å². The number of rotatable bonds is 1. The van der Waals surface area contributed by atoms with Gasteiger partial charge in [-0.1, -0.05) is 76.5 Å². The molecule has 2 aromatic rings. The predicted octanol–water partition coefficient (Wildman–Crippen LogP) is 7.51. The monoisotopic (exact) mass is 337 g/mol. The molecule has 1 fully saturated rings. The van der Waals surface area contributed by atoms with Crippen LogP contribution < -0.4 is 0 Å². The highest BCUT2D eigenvalue weighted by Crippen LogP contribution is 2.50. The summed E-state index contributed by atoms with van der Waals surface area (Å²) >= 11 is 0. The van der Waals surface area contributed by atoms with E-state index in [0.717, 1.165) is 5.92 Å². The average Bonchev–Trinajstić information content (AvgIpc) is 2.99. The summed E-state index contributed by atoms with van der Waals surface area (Å²) < 4.78 is 0. The summed E-state index contributed by atoms with van der Waals surface area (Å²) in [7, 11) is 0. The number of aryl methyl sites for hydroxylation is 1. The molecule has 1 atom stereocenters. The molecule has 1 unspecified atom stereocenters. The number of aromatic nitrogens is 1. The van der Waals surface area contributed by atoms with Crippen molar-refractivity contribution in [3.8, 4) is 0 Å². The molecule has 25 heavy (non-hydrogen) atoms. The van der Waals surface area contributed by atoms with Gasteiger partial charge >= 0.3 is 0 Å². The Labute approximate surface area is 153 Å². The summed E-state index contributed by atoms with van der Waals surface area (Å²) in [6, 6.07) is 8.97. The number of hydrogen-bond donors (Lipinski definition) is 1. The summed E-state index contributed by atoms with van der Waals surface area (Å²) in [6.45, 7) is 2.62. The number of fused-ring (bicyclic) bond motifs is 3. The zero-order chi connectivity index (χ0) is 17.1. The van der Waals surface area contributed by atoms with E-state index >= 15 is 0 Å². The van der Waals surface area contributed by atoms with Crippen LogP contribution in [-0.2, 0) is 6.42 Å². The fourth-order valence-electron chi connectivity index (χ4n) is 5.70. The maximum absolute atomic E-state index is 3.86. The van der Waals surface area contributed by atoms with Gasteiger partial charge in [-0.2, -0.15) is 0 Å². The minimum Gasteiger partial charge on any atom is -0.358 e. The first-order chi connectivity index (χ1) is 12.3. The molecule has 0 bridgehead atoms. The van der Waals surface area contributed by atoms with Gasteiger partial charge in [-0.25, -0.2) is 0 Å². The highest BCUT2D eigenvalue weighted by atomic mass is 14.7. The quantitative estimate of drug-likeness (QED) is 0.554. The molecule has 2 aliphatic rings. The Balaban J connectivity index is 1.65. The fraction of sp³-hybridized carbons (Fsp3) is 0.667. The second kappa shape index (κ2) is 7.56. The first-order valence-electron chi connectivity index (χ1n) is 10.9. The first-order valence-corrected chi connectivity index (χ1v) is 10.9. The van der Waals surface area contributed by atoms with Crippen LogP contribution in [-0.4, -0.2) is 4.98 Å². The van der Waals surface area contributed by atoms with Crippen LogP contribution in [0.3, 0.4) is 0 Å². The van der Waals surface area contributed by atoms with Crippen molar-refractivity contribution in [2.24, 2.45) is 5.41 Å². The van der Waals surface area contributed by atoms with E-state index in [1.165, 1.54) is 94.4 Å². The van der Waals surface area contributed by atoms with Crippen molar-refractivity contribution in [2.45, 2.75) is 96.3 Å². The molecule has 1 heteroatoms. The van der Waals surface area contributed by atoms with Gasteiger partial charge in [0.05, 0.1) is 0 Å². The molecule has 0 spiro atoms. The van der Waals surface area contributed by atoms with Crippen molar-refractivity contribution in [1.82, 2.24) is 4.98 Å². The maximum atomic E-state index is 3.86. The number of para-hydroxylation sites is 1. The van der Waals surface area contributed by atoms with Gasteiger partial charge in [0, 0.05) is 22.5 Å². The molecular weight excluding hydrogens is 302 g/mol. The molecule has 1 aromatic carbocycles. The molecule has 2 aliphatic carbocycles. The molecule has 1 nitrogen and oxygen atoms in total. The van der Waals surface area contributed by atoms with Crippen molar-refractivity contribution in [2.75, 3.05) is 0 Å². The Hall–Kier alpha value is -1.24. The number of hydrogen-bond acceptors (Lipinski definition) is 0. The van der Waals surface area contributed by atoms with E-state index in [1.807, 2.05) is 0 Å². The summed E-state index contributed by atoms with van der Waals surface area (Å²) in [5, 5.41) is 1.49. The van der Waals surface area contributed by atoms with E-state index in [4.69, 9.17) is 0 Å². The summed E-state index contributed by atoms with van der Waals surface area (Å²) in [6.07, 6.45) is 18.5. The van der Waals surface area contributed by atoms with Gasteiger partial charge in [-0.05, 0) is 49.1 Å². The van der Waals surface area contributed by atoms with Crippen LogP contribution >= 0.6 is 0 Å². The molecule has 0 amide bonds. The normalized spacial score (nSPS) is 25.2. The number of aromatic amines is 1. The maximum Gasteiger partial charge on any atom is 0.0459 e. The lowest BCUT2D eigenvalue weighted by Gasteiger charge is -2.40. The topological polar surface area (TPSA) is 15.8 Å². The lowest BCUT2D eigenvalue weighted by molar-refractivity contribution is 0.179. The molecule has 1 N–H and O–H groups in total.